The topological polar surface area (TPSA) is 129 Å². The van der Waals surface area contributed by atoms with Crippen molar-refractivity contribution in [1.82, 2.24) is 47.4 Å². The van der Waals surface area contributed by atoms with Crippen LogP contribution < -0.4 is 47.9 Å². The highest BCUT2D eigenvalue weighted by Gasteiger charge is 2.50. The number of rotatable bonds is 11. The first-order chi connectivity index (χ1) is 37.4. The number of thioether (sulfide) groups is 1. The number of likely N-dealkylation sites (N-methyl/N-ethyl adjacent to an activating group) is 1. The lowest BCUT2D eigenvalue weighted by Gasteiger charge is -2.56. The zero-order valence-electron chi connectivity index (χ0n) is 55.2. The molecule has 0 radical (unpaired) electrons. The molecule has 0 aromatic heterocycles. The summed E-state index contributed by atoms with van der Waals surface area (Å²) >= 11 is 2.01. The van der Waals surface area contributed by atoms with E-state index in [9.17, 15) is 4.79 Å². The molecule has 87 heavy (non-hydrogen) atoms. The Labute approximate surface area is 553 Å². The molecule has 1 amide bonds. The monoisotopic (exact) mass is 1250 g/mol. The molecule has 12 rings (SSSR count). The van der Waals surface area contributed by atoms with E-state index >= 15 is 0 Å². The molecule has 0 atom stereocenters. The van der Waals surface area contributed by atoms with Gasteiger partial charge in [-0.05, 0) is 275 Å². The number of anilines is 1. The molecule has 1 aromatic carbocycles. The summed E-state index contributed by atoms with van der Waals surface area (Å²) in [7, 11) is 18.4. The molecule has 0 spiro atoms. The number of hydrogen-bond acceptors (Lipinski definition) is 11. The molecule has 1 aromatic rings. The molecule has 11 aliphatic rings. The van der Waals surface area contributed by atoms with Gasteiger partial charge in [-0.1, -0.05) is 129 Å². The number of hydrogen-bond donors (Lipinski definition) is 9. The van der Waals surface area contributed by atoms with Crippen molar-refractivity contribution in [3.8, 4) is 0 Å². The molecule has 11 fully saturated rings. The normalized spacial score (nSPS) is 26.4. The van der Waals surface area contributed by atoms with Crippen molar-refractivity contribution in [3.05, 3.63) is 29.3 Å². The van der Waals surface area contributed by atoms with E-state index in [0.717, 1.165) is 36.6 Å². The Morgan fingerprint density at radius 3 is 1.17 bits per heavy atom. The van der Waals surface area contributed by atoms with Crippen LogP contribution >= 0.6 is 11.8 Å². The van der Waals surface area contributed by atoms with E-state index in [-0.39, 0.29) is 65.3 Å². The maximum absolute atomic E-state index is 11.3. The van der Waals surface area contributed by atoms with E-state index in [1.54, 1.807) is 26.3 Å². The SMILES string of the molecule is C.C.C.C.C.C.C.C.CCCNC(=O)C(C)(C)NC.CN1CCSC1.CNC1(C)CC1.CNC1(C)CCC1.CNC1(C)CCCC1.CNC1(C)CCCCC1.CNC12CC3CC(CC(C3)C1)C2.CNC12CCCC1CCC2.CNc1c(C)cccc1C. The average molecular weight is 1250 g/mol. The van der Waals surface area contributed by atoms with Gasteiger partial charge in [-0.2, -0.15) is 0 Å². The Kier molecular flexibility index (Phi) is 52.6. The number of fused-ring (bicyclic) bond motifs is 1. The number of benzene rings is 1. The number of para-hydroxylation sites is 1. The second-order valence-corrected chi connectivity index (χ2v) is 29.0. The molecule has 11 nitrogen and oxygen atoms in total. The Morgan fingerprint density at radius 2 is 0.943 bits per heavy atom. The summed E-state index contributed by atoms with van der Waals surface area (Å²) in [5, 5.41) is 29.3. The van der Waals surface area contributed by atoms with Gasteiger partial charge in [0, 0.05) is 70.7 Å². The molecular formula is C75H164N10OS. The van der Waals surface area contributed by atoms with Gasteiger partial charge in [0.15, 0.2) is 0 Å². The average Bonchev–Trinajstić information content (AvgIpc) is 3.48. The number of carbonyl (C=O) groups excluding carboxylic acids is 1. The number of nitrogens with zero attached hydrogens (tertiary/aromatic N) is 1. The van der Waals surface area contributed by atoms with Crippen LogP contribution in [0.5, 0.6) is 0 Å². The second-order valence-electron chi connectivity index (χ2n) is 28.0. The van der Waals surface area contributed by atoms with Crippen LogP contribution in [0.15, 0.2) is 18.2 Å². The lowest BCUT2D eigenvalue weighted by Crippen LogP contribution is -2.57. The zero-order valence-corrected chi connectivity index (χ0v) is 56.0. The van der Waals surface area contributed by atoms with Crippen molar-refractivity contribution in [2.45, 2.75) is 334 Å². The Bertz CT molecular complexity index is 1730. The second kappa shape index (κ2) is 47.4. The molecule has 526 valence electrons. The van der Waals surface area contributed by atoms with Crippen LogP contribution in [0.1, 0.15) is 292 Å². The third kappa shape index (κ3) is 33.3. The minimum atomic E-state index is -0.449. The predicted octanol–water partition coefficient (Wildman–Crippen LogP) is 18.0. The minimum Gasteiger partial charge on any atom is -0.388 e. The van der Waals surface area contributed by atoms with Crippen molar-refractivity contribution >= 4 is 23.4 Å². The summed E-state index contributed by atoms with van der Waals surface area (Å²) in [5.74, 6) is 6.91. The van der Waals surface area contributed by atoms with Crippen molar-refractivity contribution in [2.24, 2.45) is 23.7 Å². The van der Waals surface area contributed by atoms with Crippen LogP contribution in [0.2, 0.25) is 0 Å². The third-order valence-electron chi connectivity index (χ3n) is 21.1. The maximum Gasteiger partial charge on any atom is 0.239 e. The van der Waals surface area contributed by atoms with Gasteiger partial charge < -0.3 is 47.9 Å². The Morgan fingerprint density at radius 1 is 0.552 bits per heavy atom. The Hall–Kier alpha value is -1.48. The number of nitrogens with one attached hydrogen (secondary N) is 9. The summed E-state index contributed by atoms with van der Waals surface area (Å²) in [4.78, 5) is 13.6. The molecule has 10 saturated carbocycles. The molecule has 1 aliphatic heterocycles. The lowest BCUT2D eigenvalue weighted by atomic mass is 9.53. The predicted molar refractivity (Wildman–Crippen MR) is 403 cm³/mol. The smallest absolute Gasteiger partial charge is 0.239 e. The molecule has 4 bridgehead atoms. The largest absolute Gasteiger partial charge is 0.388 e. The third-order valence-corrected chi connectivity index (χ3v) is 22.2. The summed E-state index contributed by atoms with van der Waals surface area (Å²) in [5.41, 5.74) is 6.62. The first kappa shape index (κ1) is 96.6. The maximum atomic E-state index is 11.3. The summed E-state index contributed by atoms with van der Waals surface area (Å²) in [6.07, 6.45) is 38.3. The zero-order chi connectivity index (χ0) is 58.8. The summed E-state index contributed by atoms with van der Waals surface area (Å²) < 4.78 is 0. The molecule has 10 aliphatic carbocycles. The standard InChI is InChI=1S/C11H19N.C9H17N.C9H13N.C8H18N2O.C8H17N.C7H15N.C6H13N.C5H11N.C4H9NS.8CH4/c1-12-11-5-8-2-9(6-11)4-10(3-8)7-11;1-10-9-6-2-4-8(9)5-3-7-9;1-7-5-4-6-8(2)9(7)10-3;1-5-6-10-7(11)8(2,3)9-4;1-8(9-2)6-4-3-5-7-8;1-7(8-2)5-3-4-6-7;1-6(7-2)4-3-5-6;1-5(6-2)3-4-5;1-5-2-3-6-4-5;;;;;;;;/h8-10,12H,2-7H2,1H3;8,10H,2-7H2,1H3;4-6,10H,1-3H3;9H,5-6H2,1-4H3,(H,10,11);9H,3-7H2,1-2H3;8H,3-6H2,1-2H3;7H,3-5H2,1-2H3;6H,3-4H2,1-2H3;2-4H2,1H3;8*1H4. The van der Waals surface area contributed by atoms with Crippen LogP contribution in [0.4, 0.5) is 5.69 Å². The summed E-state index contributed by atoms with van der Waals surface area (Å²) in [6.45, 7) is 21.2. The van der Waals surface area contributed by atoms with E-state index in [1.165, 1.54) is 183 Å². The fourth-order valence-corrected chi connectivity index (χ4v) is 15.1. The van der Waals surface area contributed by atoms with Crippen LogP contribution in [0.25, 0.3) is 0 Å². The highest BCUT2D eigenvalue weighted by atomic mass is 32.2. The molecule has 1 saturated heterocycles. The van der Waals surface area contributed by atoms with Gasteiger partial charge in [-0.15, -0.1) is 11.8 Å². The van der Waals surface area contributed by atoms with Gasteiger partial charge in [0.25, 0.3) is 0 Å². The van der Waals surface area contributed by atoms with Crippen LogP contribution in [0.3, 0.4) is 0 Å². The highest BCUT2D eigenvalue weighted by Crippen LogP contribution is 2.55. The fraction of sp³-hybridized carbons (Fsp3) is 0.907. The minimum absolute atomic E-state index is 0. The van der Waals surface area contributed by atoms with Crippen molar-refractivity contribution < 1.29 is 4.79 Å². The van der Waals surface area contributed by atoms with Gasteiger partial charge in [0.05, 0.1) is 5.54 Å². The summed E-state index contributed by atoms with van der Waals surface area (Å²) in [6, 6.07) is 6.29. The molecule has 9 N–H and O–H groups in total. The molecule has 12 heteroatoms. The quantitative estimate of drug-likeness (QED) is 0.105. The Balaban J connectivity index is -0.000000211. The van der Waals surface area contributed by atoms with Gasteiger partial charge in [0.2, 0.25) is 5.91 Å². The van der Waals surface area contributed by atoms with Crippen molar-refractivity contribution in [3.63, 3.8) is 0 Å². The van der Waals surface area contributed by atoms with Crippen molar-refractivity contribution in [1.29, 1.82) is 0 Å². The van der Waals surface area contributed by atoms with Crippen LogP contribution in [0, 0.1) is 37.5 Å². The highest BCUT2D eigenvalue weighted by molar-refractivity contribution is 7.99. The van der Waals surface area contributed by atoms with E-state index < -0.39 is 5.54 Å². The van der Waals surface area contributed by atoms with Gasteiger partial charge in [-0.3, -0.25) is 9.69 Å². The number of amides is 1. The molecule has 1 heterocycles. The fourth-order valence-electron chi connectivity index (χ4n) is 14.1. The molecular weight excluding hydrogens is 1090 g/mol. The van der Waals surface area contributed by atoms with Crippen LogP contribution in [-0.4, -0.2) is 138 Å². The van der Waals surface area contributed by atoms with Crippen molar-refractivity contribution in [2.75, 3.05) is 93.5 Å². The van der Waals surface area contributed by atoms with Gasteiger partial charge >= 0.3 is 0 Å². The number of aryl methyl sites for hydroxylation is 2. The van der Waals surface area contributed by atoms with E-state index in [1.807, 2.05) is 53.7 Å². The first-order valence-electron chi connectivity index (χ1n) is 32.5. The lowest BCUT2D eigenvalue weighted by molar-refractivity contribution is -0.126. The number of carbonyl (C=O) groups is 1. The van der Waals surface area contributed by atoms with Gasteiger partial charge in [-0.25, -0.2) is 0 Å². The first-order valence-corrected chi connectivity index (χ1v) is 33.7. The van der Waals surface area contributed by atoms with E-state index in [0.29, 0.717) is 33.2 Å². The molecule has 0 unspecified atom stereocenters. The van der Waals surface area contributed by atoms with Crippen LogP contribution in [-0.2, 0) is 4.79 Å². The van der Waals surface area contributed by atoms with Gasteiger partial charge in [0.1, 0.15) is 0 Å². The van der Waals surface area contributed by atoms with E-state index in [2.05, 4.69) is 148 Å². The van der Waals surface area contributed by atoms with E-state index in [4.69, 9.17) is 0 Å².